The molecular formula is C17H20N2O2S2. The van der Waals surface area contributed by atoms with Gasteiger partial charge in [0.2, 0.25) is 5.91 Å². The van der Waals surface area contributed by atoms with E-state index in [1.165, 1.54) is 21.8 Å². The van der Waals surface area contributed by atoms with Crippen LogP contribution in [0.4, 0.5) is 0 Å². The highest BCUT2D eigenvalue weighted by Crippen LogP contribution is 2.35. The van der Waals surface area contributed by atoms with Crippen molar-refractivity contribution in [3.05, 3.63) is 50.6 Å². The minimum Gasteiger partial charge on any atom is -0.349 e. The summed E-state index contributed by atoms with van der Waals surface area (Å²) >= 11 is 3.07. The van der Waals surface area contributed by atoms with Gasteiger partial charge in [-0.3, -0.25) is 9.59 Å². The number of aromatic nitrogens is 1. The number of hydrogen-bond acceptors (Lipinski definition) is 4. The topological polar surface area (TPSA) is 51.1 Å². The van der Waals surface area contributed by atoms with E-state index in [-0.39, 0.29) is 16.8 Å². The number of benzene rings is 1. The largest absolute Gasteiger partial charge is 0.349 e. The Morgan fingerprint density at radius 2 is 2.22 bits per heavy atom. The average Bonchev–Trinajstić information content (AvgIpc) is 2.87. The van der Waals surface area contributed by atoms with E-state index >= 15 is 0 Å². The molecule has 0 aliphatic carbocycles. The fourth-order valence-electron chi connectivity index (χ4n) is 2.83. The van der Waals surface area contributed by atoms with Crippen LogP contribution in [0.1, 0.15) is 36.6 Å². The summed E-state index contributed by atoms with van der Waals surface area (Å²) in [5.74, 6) is 1.10. The molecule has 1 N–H and O–H groups in total. The summed E-state index contributed by atoms with van der Waals surface area (Å²) in [6.07, 6.45) is 2.11. The summed E-state index contributed by atoms with van der Waals surface area (Å²) < 4.78 is 1.74. The molecule has 0 bridgehead atoms. The molecule has 0 saturated heterocycles. The Kier molecular flexibility index (Phi) is 5.23. The molecule has 1 aliphatic heterocycles. The van der Waals surface area contributed by atoms with Crippen molar-refractivity contribution in [2.75, 3.05) is 5.75 Å². The van der Waals surface area contributed by atoms with Crippen LogP contribution in [0.3, 0.4) is 0 Å². The Morgan fingerprint density at radius 1 is 1.39 bits per heavy atom. The maximum absolute atomic E-state index is 12.2. The molecule has 0 fully saturated rings. The summed E-state index contributed by atoms with van der Waals surface area (Å²) in [5, 5.41) is 5.01. The van der Waals surface area contributed by atoms with Crippen LogP contribution in [0, 0.1) is 6.92 Å². The first-order chi connectivity index (χ1) is 11.1. The Morgan fingerprint density at radius 3 is 3.00 bits per heavy atom. The third-order valence-corrected chi connectivity index (χ3v) is 6.06. The Hall–Kier alpha value is -1.53. The molecule has 23 heavy (non-hydrogen) atoms. The van der Waals surface area contributed by atoms with E-state index in [9.17, 15) is 9.59 Å². The second kappa shape index (κ2) is 7.36. The molecule has 0 radical (unpaired) electrons. The number of hydrogen-bond donors (Lipinski definition) is 1. The first-order valence-corrected chi connectivity index (χ1v) is 9.67. The second-order valence-electron chi connectivity index (χ2n) is 5.69. The first kappa shape index (κ1) is 16.3. The summed E-state index contributed by atoms with van der Waals surface area (Å²) in [7, 11) is 0. The molecule has 1 aromatic heterocycles. The number of carbonyl (C=O) groups excluding carboxylic acids is 1. The number of amides is 1. The molecule has 2 heterocycles. The fraction of sp³-hybridized carbons (Fsp3) is 0.412. The van der Waals surface area contributed by atoms with Gasteiger partial charge in [-0.1, -0.05) is 29.5 Å². The van der Waals surface area contributed by atoms with E-state index in [0.29, 0.717) is 19.4 Å². The van der Waals surface area contributed by atoms with Crippen LogP contribution >= 0.6 is 23.1 Å². The van der Waals surface area contributed by atoms with Crippen molar-refractivity contribution in [3.8, 4) is 0 Å². The smallest absolute Gasteiger partial charge is 0.307 e. The van der Waals surface area contributed by atoms with Gasteiger partial charge in [0, 0.05) is 34.7 Å². The zero-order valence-corrected chi connectivity index (χ0v) is 14.7. The Bertz CT molecular complexity index is 751. The van der Waals surface area contributed by atoms with Crippen molar-refractivity contribution < 1.29 is 4.79 Å². The van der Waals surface area contributed by atoms with Crippen LogP contribution in [0.25, 0.3) is 0 Å². The number of aryl methyl sites for hydroxylation is 1. The molecule has 3 rings (SSSR count). The van der Waals surface area contributed by atoms with Crippen molar-refractivity contribution >= 4 is 29.0 Å². The van der Waals surface area contributed by atoms with Crippen molar-refractivity contribution in [2.45, 2.75) is 43.7 Å². The molecule has 6 heteroatoms. The highest BCUT2D eigenvalue weighted by atomic mass is 32.2. The van der Waals surface area contributed by atoms with Crippen molar-refractivity contribution in [3.63, 3.8) is 0 Å². The van der Waals surface area contributed by atoms with Crippen molar-refractivity contribution in [2.24, 2.45) is 0 Å². The molecule has 1 aliphatic rings. The standard InChI is InChI=1S/C17H20N2O2S2/c1-12-11-23-17(21)19(12)9-4-7-16(20)18-14-8-10-22-15-6-3-2-5-13(14)15/h2-3,5-6,11,14H,4,7-10H2,1H3,(H,18,20)/t14-/m1/s1. The highest BCUT2D eigenvalue weighted by Gasteiger charge is 2.21. The molecule has 2 aromatic rings. The van der Waals surface area contributed by atoms with Gasteiger partial charge in [-0.05, 0) is 31.4 Å². The average molecular weight is 348 g/mol. The van der Waals surface area contributed by atoms with E-state index in [1.54, 1.807) is 4.57 Å². The van der Waals surface area contributed by atoms with Crippen LogP contribution in [-0.2, 0) is 11.3 Å². The lowest BCUT2D eigenvalue weighted by Gasteiger charge is -2.25. The van der Waals surface area contributed by atoms with Gasteiger partial charge in [0.25, 0.3) is 0 Å². The molecule has 4 nitrogen and oxygen atoms in total. The predicted octanol–water partition coefficient (Wildman–Crippen LogP) is 3.35. The molecule has 1 atom stereocenters. The van der Waals surface area contributed by atoms with Gasteiger partial charge in [0.05, 0.1) is 6.04 Å². The summed E-state index contributed by atoms with van der Waals surface area (Å²) in [6, 6.07) is 8.39. The van der Waals surface area contributed by atoms with E-state index < -0.39 is 0 Å². The highest BCUT2D eigenvalue weighted by molar-refractivity contribution is 7.99. The second-order valence-corrected chi connectivity index (χ2v) is 7.65. The quantitative estimate of drug-likeness (QED) is 0.901. The van der Waals surface area contributed by atoms with E-state index in [2.05, 4.69) is 17.4 Å². The number of fused-ring (bicyclic) bond motifs is 1. The van der Waals surface area contributed by atoms with Crippen molar-refractivity contribution in [1.29, 1.82) is 0 Å². The third kappa shape index (κ3) is 3.87. The van der Waals surface area contributed by atoms with Gasteiger partial charge in [-0.2, -0.15) is 0 Å². The van der Waals surface area contributed by atoms with E-state index in [0.717, 1.165) is 17.9 Å². The molecule has 1 amide bonds. The minimum absolute atomic E-state index is 0.0566. The minimum atomic E-state index is 0.0566. The fourth-order valence-corrected chi connectivity index (χ4v) is 4.72. The number of thioether (sulfide) groups is 1. The SMILES string of the molecule is Cc1csc(=O)n1CCCC(=O)N[C@@H]1CCSc2ccccc21. The summed E-state index contributed by atoms with van der Waals surface area (Å²) in [4.78, 5) is 25.2. The number of carbonyl (C=O) groups is 1. The van der Waals surface area contributed by atoms with Gasteiger partial charge < -0.3 is 9.88 Å². The normalized spacial score (nSPS) is 16.8. The van der Waals surface area contributed by atoms with E-state index in [4.69, 9.17) is 0 Å². The number of rotatable bonds is 5. The lowest BCUT2D eigenvalue weighted by Crippen LogP contribution is -2.30. The summed E-state index contributed by atoms with van der Waals surface area (Å²) in [6.45, 7) is 2.54. The van der Waals surface area contributed by atoms with Gasteiger partial charge in [-0.25, -0.2) is 0 Å². The Labute approximate surface area is 143 Å². The predicted molar refractivity (Wildman–Crippen MR) is 95.2 cm³/mol. The zero-order chi connectivity index (χ0) is 16.2. The number of thiazole rings is 1. The number of nitrogens with zero attached hydrogens (tertiary/aromatic N) is 1. The van der Waals surface area contributed by atoms with Crippen molar-refractivity contribution in [1.82, 2.24) is 9.88 Å². The van der Waals surface area contributed by atoms with Crippen LogP contribution < -0.4 is 10.2 Å². The third-order valence-electron chi connectivity index (χ3n) is 4.06. The monoisotopic (exact) mass is 348 g/mol. The maximum atomic E-state index is 12.2. The molecule has 0 spiro atoms. The van der Waals surface area contributed by atoms with Crippen LogP contribution in [0.5, 0.6) is 0 Å². The van der Waals surface area contributed by atoms with Crippen LogP contribution in [0.15, 0.2) is 39.3 Å². The lowest BCUT2D eigenvalue weighted by atomic mass is 10.0. The lowest BCUT2D eigenvalue weighted by molar-refractivity contribution is -0.122. The van der Waals surface area contributed by atoms with Crippen LogP contribution in [0.2, 0.25) is 0 Å². The zero-order valence-electron chi connectivity index (χ0n) is 13.1. The molecular weight excluding hydrogens is 328 g/mol. The first-order valence-electron chi connectivity index (χ1n) is 7.81. The molecule has 1 aromatic carbocycles. The maximum Gasteiger partial charge on any atom is 0.307 e. The summed E-state index contributed by atoms with van der Waals surface area (Å²) in [5.41, 5.74) is 2.20. The van der Waals surface area contributed by atoms with Crippen LogP contribution in [-0.4, -0.2) is 16.2 Å². The van der Waals surface area contributed by atoms with Gasteiger partial charge >= 0.3 is 4.87 Å². The van der Waals surface area contributed by atoms with Gasteiger partial charge in [0.15, 0.2) is 0 Å². The number of nitrogens with one attached hydrogen (secondary N) is 1. The molecule has 0 saturated carbocycles. The Balaban J connectivity index is 1.53. The molecule has 0 unspecified atom stereocenters. The van der Waals surface area contributed by atoms with E-state index in [1.807, 2.05) is 36.2 Å². The van der Waals surface area contributed by atoms with Gasteiger partial charge in [0.1, 0.15) is 0 Å². The molecule has 122 valence electrons. The van der Waals surface area contributed by atoms with Gasteiger partial charge in [-0.15, -0.1) is 11.8 Å².